The fourth-order valence-corrected chi connectivity index (χ4v) is 4.58. The van der Waals surface area contributed by atoms with Crippen molar-refractivity contribution in [3.05, 3.63) is 56.3 Å². The Bertz CT molecular complexity index is 1020. The first-order chi connectivity index (χ1) is 15.2. The Morgan fingerprint density at radius 3 is 2.50 bits per heavy atom. The molecule has 3 rings (SSSR count). The molecule has 1 aromatic carbocycles. The van der Waals surface area contributed by atoms with Crippen molar-refractivity contribution in [1.29, 1.82) is 0 Å². The summed E-state index contributed by atoms with van der Waals surface area (Å²) in [6, 6.07) is 4.94. The van der Waals surface area contributed by atoms with E-state index in [0.29, 0.717) is 34.0 Å². The number of carbonyl (C=O) groups excluding carboxylic acids is 3. The van der Waals surface area contributed by atoms with Crippen LogP contribution in [0.25, 0.3) is 0 Å². The second-order valence-corrected chi connectivity index (χ2v) is 8.65. The van der Waals surface area contributed by atoms with Crippen molar-refractivity contribution in [3.8, 4) is 0 Å². The maximum Gasteiger partial charge on any atom is 0.336 e. The minimum atomic E-state index is -0.963. The standard InChI is InChI=1S/C23H25Cl2NO6/c1-11-9-16-20(21(27)17(11)22(28)31-4)19(13-5-6-14(24)15(25)10-13)18(12(2)26-16)23(29)32-8-7-30-3/h5-6,10-11,17,19,26H,7-9H2,1-4H3/t11-,17-,19+/m0/s1. The monoisotopic (exact) mass is 481 g/mol. The van der Waals surface area contributed by atoms with Crippen LogP contribution in [0.15, 0.2) is 40.7 Å². The average molecular weight is 482 g/mol. The van der Waals surface area contributed by atoms with Crippen molar-refractivity contribution < 1.29 is 28.6 Å². The van der Waals surface area contributed by atoms with Gasteiger partial charge in [-0.05, 0) is 37.0 Å². The van der Waals surface area contributed by atoms with E-state index in [2.05, 4.69) is 5.32 Å². The zero-order valence-electron chi connectivity index (χ0n) is 18.3. The van der Waals surface area contributed by atoms with Crippen LogP contribution in [0.1, 0.15) is 31.7 Å². The summed E-state index contributed by atoms with van der Waals surface area (Å²) in [6.07, 6.45) is 0.446. The Balaban J connectivity index is 2.14. The number of dihydropyridines is 1. The third-order valence-electron chi connectivity index (χ3n) is 5.76. The van der Waals surface area contributed by atoms with Crippen molar-refractivity contribution in [2.45, 2.75) is 26.2 Å². The first-order valence-electron chi connectivity index (χ1n) is 10.1. The van der Waals surface area contributed by atoms with E-state index in [-0.39, 0.29) is 35.5 Å². The number of rotatable bonds is 6. The van der Waals surface area contributed by atoms with Gasteiger partial charge in [0.2, 0.25) is 0 Å². The number of carbonyl (C=O) groups is 3. The molecule has 0 spiro atoms. The maximum absolute atomic E-state index is 13.6. The first kappa shape index (κ1) is 24.3. The van der Waals surface area contributed by atoms with Gasteiger partial charge in [0.25, 0.3) is 0 Å². The smallest absolute Gasteiger partial charge is 0.336 e. The van der Waals surface area contributed by atoms with E-state index in [4.69, 9.17) is 37.4 Å². The molecular formula is C23H25Cl2NO6. The summed E-state index contributed by atoms with van der Waals surface area (Å²) in [4.78, 5) is 39.1. The summed E-state index contributed by atoms with van der Waals surface area (Å²) in [6.45, 7) is 3.87. The highest BCUT2D eigenvalue weighted by atomic mass is 35.5. The second kappa shape index (κ2) is 10.1. The first-order valence-corrected chi connectivity index (χ1v) is 10.9. The van der Waals surface area contributed by atoms with Crippen LogP contribution >= 0.6 is 23.2 Å². The molecule has 0 unspecified atom stereocenters. The van der Waals surface area contributed by atoms with Crippen molar-refractivity contribution >= 4 is 40.9 Å². The number of allylic oxidation sites excluding steroid dienone is 3. The summed E-state index contributed by atoms with van der Waals surface area (Å²) < 4.78 is 15.2. The Morgan fingerprint density at radius 1 is 1.16 bits per heavy atom. The van der Waals surface area contributed by atoms with Gasteiger partial charge < -0.3 is 19.5 Å². The third-order valence-corrected chi connectivity index (χ3v) is 6.50. The Morgan fingerprint density at radius 2 is 1.88 bits per heavy atom. The quantitative estimate of drug-likeness (QED) is 0.375. The van der Waals surface area contributed by atoms with E-state index in [1.54, 1.807) is 25.1 Å². The minimum absolute atomic E-state index is 0.0574. The van der Waals surface area contributed by atoms with Gasteiger partial charge in [0.15, 0.2) is 5.78 Å². The number of ether oxygens (including phenoxy) is 3. The normalized spacial score (nSPS) is 22.9. The molecule has 3 atom stereocenters. The summed E-state index contributed by atoms with van der Waals surface area (Å²) in [5.74, 6) is -3.58. The molecular weight excluding hydrogens is 457 g/mol. The molecule has 0 bridgehead atoms. The van der Waals surface area contributed by atoms with Gasteiger partial charge in [-0.1, -0.05) is 36.2 Å². The highest BCUT2D eigenvalue weighted by molar-refractivity contribution is 6.42. The van der Waals surface area contributed by atoms with E-state index in [9.17, 15) is 14.4 Å². The van der Waals surface area contributed by atoms with Crippen molar-refractivity contribution in [2.75, 3.05) is 27.4 Å². The lowest BCUT2D eigenvalue weighted by Gasteiger charge is -2.38. The summed E-state index contributed by atoms with van der Waals surface area (Å²) in [7, 11) is 2.76. The number of benzene rings is 1. The molecule has 1 heterocycles. The van der Waals surface area contributed by atoms with Gasteiger partial charge in [-0.15, -0.1) is 0 Å². The fraction of sp³-hybridized carbons (Fsp3) is 0.435. The van der Waals surface area contributed by atoms with Crippen LogP contribution in [0.4, 0.5) is 0 Å². The summed E-state index contributed by atoms with van der Waals surface area (Å²) in [5, 5.41) is 3.83. The van der Waals surface area contributed by atoms with E-state index < -0.39 is 23.8 Å². The Kier molecular flexibility index (Phi) is 7.64. The molecule has 1 aliphatic carbocycles. The minimum Gasteiger partial charge on any atom is -0.468 e. The molecule has 1 aromatic rings. The predicted molar refractivity (Wildman–Crippen MR) is 119 cm³/mol. The zero-order chi connectivity index (χ0) is 23.6. The molecule has 32 heavy (non-hydrogen) atoms. The van der Waals surface area contributed by atoms with Gasteiger partial charge in [0.05, 0.1) is 29.3 Å². The van der Waals surface area contributed by atoms with Crippen molar-refractivity contribution in [2.24, 2.45) is 11.8 Å². The lowest BCUT2D eigenvalue weighted by Crippen LogP contribution is -2.43. The number of ketones is 1. The summed E-state index contributed by atoms with van der Waals surface area (Å²) in [5.41, 5.74) is 2.44. The zero-order valence-corrected chi connectivity index (χ0v) is 19.8. The van der Waals surface area contributed by atoms with Crippen LogP contribution in [0.3, 0.4) is 0 Å². The van der Waals surface area contributed by atoms with Gasteiger partial charge in [0, 0.05) is 30.0 Å². The SMILES string of the molecule is COCCOC(=O)C1=C(C)NC2=C(C(=O)[C@@H](C(=O)OC)[C@@H](C)C2)[C@@H]1c1ccc(Cl)c(Cl)c1. The fourth-order valence-electron chi connectivity index (χ4n) is 4.27. The molecule has 172 valence electrons. The van der Waals surface area contributed by atoms with E-state index >= 15 is 0 Å². The summed E-state index contributed by atoms with van der Waals surface area (Å²) >= 11 is 12.4. The maximum atomic E-state index is 13.6. The molecule has 1 N–H and O–H groups in total. The van der Waals surface area contributed by atoms with Crippen LogP contribution < -0.4 is 5.32 Å². The van der Waals surface area contributed by atoms with Gasteiger partial charge >= 0.3 is 11.9 Å². The number of halogens is 2. The molecule has 0 saturated carbocycles. The van der Waals surface area contributed by atoms with E-state index in [0.717, 1.165) is 0 Å². The highest BCUT2D eigenvalue weighted by Crippen LogP contribution is 2.46. The molecule has 0 saturated heterocycles. The molecule has 2 aliphatic rings. The largest absolute Gasteiger partial charge is 0.468 e. The van der Waals surface area contributed by atoms with E-state index in [1.165, 1.54) is 14.2 Å². The highest BCUT2D eigenvalue weighted by Gasteiger charge is 2.47. The van der Waals surface area contributed by atoms with E-state index in [1.807, 2.05) is 6.92 Å². The number of nitrogens with one attached hydrogen (secondary N) is 1. The number of Topliss-reactive ketones (excluding diaryl/α,β-unsaturated/α-hetero) is 1. The topological polar surface area (TPSA) is 90.9 Å². The van der Waals surface area contributed by atoms with Gasteiger partial charge in [-0.25, -0.2) is 4.79 Å². The average Bonchev–Trinajstić information content (AvgIpc) is 2.74. The van der Waals surface area contributed by atoms with Crippen molar-refractivity contribution in [1.82, 2.24) is 5.32 Å². The van der Waals surface area contributed by atoms with Gasteiger partial charge in [-0.3, -0.25) is 9.59 Å². The number of hydrogen-bond donors (Lipinski definition) is 1. The molecule has 0 aromatic heterocycles. The van der Waals surface area contributed by atoms with Crippen LogP contribution in [0.5, 0.6) is 0 Å². The van der Waals surface area contributed by atoms with Crippen LogP contribution in [-0.4, -0.2) is 45.2 Å². The number of hydrogen-bond acceptors (Lipinski definition) is 7. The van der Waals surface area contributed by atoms with Crippen LogP contribution in [0.2, 0.25) is 10.0 Å². The lowest BCUT2D eigenvalue weighted by atomic mass is 9.69. The van der Waals surface area contributed by atoms with Crippen LogP contribution in [0, 0.1) is 11.8 Å². The Labute approximate surface area is 196 Å². The van der Waals surface area contributed by atoms with Crippen molar-refractivity contribution in [3.63, 3.8) is 0 Å². The molecule has 7 nitrogen and oxygen atoms in total. The molecule has 0 fully saturated rings. The van der Waals surface area contributed by atoms with Gasteiger partial charge in [-0.2, -0.15) is 0 Å². The molecule has 0 amide bonds. The predicted octanol–water partition coefficient (Wildman–Crippen LogP) is 3.80. The lowest BCUT2D eigenvalue weighted by molar-refractivity contribution is -0.151. The van der Waals surface area contributed by atoms with Gasteiger partial charge in [0.1, 0.15) is 12.5 Å². The third kappa shape index (κ3) is 4.56. The molecule has 0 radical (unpaired) electrons. The van der Waals surface area contributed by atoms with Crippen LogP contribution in [-0.2, 0) is 28.6 Å². The molecule has 9 heteroatoms. The molecule has 1 aliphatic heterocycles. The second-order valence-electron chi connectivity index (χ2n) is 7.84. The number of methoxy groups -OCH3 is 2. The number of esters is 2. The Hall–Kier alpha value is -2.35.